The molecule has 86 valence electrons. The third kappa shape index (κ3) is 2.49. The first kappa shape index (κ1) is 10.9. The van der Waals surface area contributed by atoms with Crippen LogP contribution >= 0.6 is 0 Å². The number of hydrogen-bond donors (Lipinski definition) is 1. The average Bonchev–Trinajstić information content (AvgIpc) is 2.24. The van der Waals surface area contributed by atoms with Gasteiger partial charge in [-0.25, -0.2) is 0 Å². The summed E-state index contributed by atoms with van der Waals surface area (Å²) in [5, 5.41) is 0. The van der Waals surface area contributed by atoms with Crippen LogP contribution in [0.3, 0.4) is 0 Å². The molecule has 4 nitrogen and oxygen atoms in total. The molecule has 1 aliphatic heterocycles. The molecule has 15 heavy (non-hydrogen) atoms. The van der Waals surface area contributed by atoms with E-state index in [4.69, 9.17) is 15.2 Å². The van der Waals surface area contributed by atoms with Gasteiger partial charge < -0.3 is 15.2 Å². The van der Waals surface area contributed by atoms with Gasteiger partial charge in [0.1, 0.15) is 12.1 Å². The van der Waals surface area contributed by atoms with Crippen LogP contribution in [0.2, 0.25) is 0 Å². The van der Waals surface area contributed by atoms with Gasteiger partial charge in [-0.15, -0.1) is 0 Å². The summed E-state index contributed by atoms with van der Waals surface area (Å²) in [4.78, 5) is 11.6. The van der Waals surface area contributed by atoms with Gasteiger partial charge in [0.25, 0.3) is 0 Å². The molecule has 0 spiro atoms. The van der Waals surface area contributed by atoms with Gasteiger partial charge in [0.2, 0.25) is 0 Å². The predicted octanol–water partition coefficient (Wildman–Crippen LogP) is 0.980. The first-order valence-electron chi connectivity index (χ1n) is 5.78. The zero-order chi connectivity index (χ0) is 10.7. The summed E-state index contributed by atoms with van der Waals surface area (Å²) in [5.74, 6) is -0.247. The first-order valence-corrected chi connectivity index (χ1v) is 5.78. The molecule has 2 fully saturated rings. The molecule has 1 unspecified atom stereocenters. The van der Waals surface area contributed by atoms with Crippen LogP contribution in [0.4, 0.5) is 0 Å². The normalized spacial score (nSPS) is 29.3. The molecule has 2 aliphatic rings. The van der Waals surface area contributed by atoms with Crippen LogP contribution in [-0.4, -0.2) is 30.8 Å². The minimum absolute atomic E-state index is 0.0892. The molecule has 1 heterocycles. The molecule has 0 aromatic rings. The number of hydrogen-bond acceptors (Lipinski definition) is 4. The van der Waals surface area contributed by atoms with Crippen LogP contribution < -0.4 is 5.73 Å². The molecule has 2 N–H and O–H groups in total. The van der Waals surface area contributed by atoms with E-state index in [0.29, 0.717) is 6.61 Å². The lowest BCUT2D eigenvalue weighted by molar-refractivity contribution is -0.158. The Hall–Kier alpha value is -0.610. The standard InChI is InChI=1S/C11H19NO3/c12-11(5-3-6-11)10(13)15-8-9-4-1-2-7-14-9/h9H,1-8,12H2. The molecule has 1 saturated carbocycles. The Morgan fingerprint density at radius 1 is 1.40 bits per heavy atom. The van der Waals surface area contributed by atoms with Crippen molar-refractivity contribution in [3.63, 3.8) is 0 Å². The van der Waals surface area contributed by atoms with E-state index in [0.717, 1.165) is 45.1 Å². The first-order chi connectivity index (χ1) is 7.21. The topological polar surface area (TPSA) is 61.6 Å². The summed E-state index contributed by atoms with van der Waals surface area (Å²) in [5.41, 5.74) is 5.16. The van der Waals surface area contributed by atoms with Gasteiger partial charge in [-0.3, -0.25) is 4.79 Å². The lowest BCUT2D eigenvalue weighted by Crippen LogP contribution is -2.54. The average molecular weight is 213 g/mol. The molecular weight excluding hydrogens is 194 g/mol. The zero-order valence-corrected chi connectivity index (χ0v) is 9.04. The summed E-state index contributed by atoms with van der Waals surface area (Å²) in [7, 11) is 0. The maximum atomic E-state index is 11.6. The van der Waals surface area contributed by atoms with Crippen molar-refractivity contribution in [2.75, 3.05) is 13.2 Å². The molecule has 0 aromatic carbocycles. The Kier molecular flexibility index (Phi) is 3.26. The highest BCUT2D eigenvalue weighted by Crippen LogP contribution is 2.30. The van der Waals surface area contributed by atoms with Crippen molar-refractivity contribution in [3.05, 3.63) is 0 Å². The Labute approximate surface area is 90.1 Å². The van der Waals surface area contributed by atoms with Crippen LogP contribution in [0.15, 0.2) is 0 Å². The summed E-state index contributed by atoms with van der Waals surface area (Å²) in [6, 6.07) is 0. The second kappa shape index (κ2) is 4.49. The van der Waals surface area contributed by atoms with Crippen molar-refractivity contribution in [3.8, 4) is 0 Å². The van der Waals surface area contributed by atoms with Crippen LogP contribution in [-0.2, 0) is 14.3 Å². The smallest absolute Gasteiger partial charge is 0.326 e. The number of carbonyl (C=O) groups excluding carboxylic acids is 1. The molecule has 0 bridgehead atoms. The van der Waals surface area contributed by atoms with Crippen molar-refractivity contribution < 1.29 is 14.3 Å². The molecule has 1 atom stereocenters. The molecule has 1 saturated heterocycles. The Morgan fingerprint density at radius 3 is 2.73 bits per heavy atom. The van der Waals surface area contributed by atoms with Crippen molar-refractivity contribution in [2.24, 2.45) is 5.73 Å². The lowest BCUT2D eigenvalue weighted by Gasteiger charge is -2.35. The van der Waals surface area contributed by atoms with E-state index in [1.54, 1.807) is 0 Å². The van der Waals surface area contributed by atoms with E-state index in [2.05, 4.69) is 0 Å². The van der Waals surface area contributed by atoms with Crippen molar-refractivity contribution >= 4 is 5.97 Å². The Balaban J connectivity index is 1.70. The van der Waals surface area contributed by atoms with Gasteiger partial charge in [0, 0.05) is 6.61 Å². The molecular formula is C11H19NO3. The van der Waals surface area contributed by atoms with E-state index in [9.17, 15) is 4.79 Å². The van der Waals surface area contributed by atoms with E-state index in [1.165, 1.54) is 0 Å². The van der Waals surface area contributed by atoms with Crippen molar-refractivity contribution in [2.45, 2.75) is 50.2 Å². The number of nitrogens with two attached hydrogens (primary N) is 1. The fourth-order valence-corrected chi connectivity index (χ4v) is 2.01. The molecule has 1 aliphatic carbocycles. The van der Waals surface area contributed by atoms with E-state index < -0.39 is 5.54 Å². The van der Waals surface area contributed by atoms with E-state index in [-0.39, 0.29) is 12.1 Å². The minimum atomic E-state index is -0.686. The highest BCUT2D eigenvalue weighted by molar-refractivity contribution is 5.81. The molecule has 0 radical (unpaired) electrons. The zero-order valence-electron chi connectivity index (χ0n) is 9.04. The minimum Gasteiger partial charge on any atom is -0.462 e. The number of rotatable bonds is 3. The largest absolute Gasteiger partial charge is 0.462 e. The summed E-state index contributed by atoms with van der Waals surface area (Å²) in [6.45, 7) is 1.16. The van der Waals surface area contributed by atoms with Crippen molar-refractivity contribution in [1.29, 1.82) is 0 Å². The summed E-state index contributed by atoms with van der Waals surface area (Å²) in [6.07, 6.45) is 5.91. The van der Waals surface area contributed by atoms with E-state index in [1.807, 2.05) is 0 Å². The van der Waals surface area contributed by atoms with Crippen LogP contribution in [0.25, 0.3) is 0 Å². The number of ether oxygens (including phenoxy) is 2. The quantitative estimate of drug-likeness (QED) is 0.710. The van der Waals surface area contributed by atoms with Crippen LogP contribution in [0.5, 0.6) is 0 Å². The second-order valence-electron chi connectivity index (χ2n) is 4.60. The molecule has 4 heteroatoms. The fourth-order valence-electron chi connectivity index (χ4n) is 2.01. The van der Waals surface area contributed by atoms with Gasteiger partial charge in [-0.05, 0) is 38.5 Å². The van der Waals surface area contributed by atoms with E-state index >= 15 is 0 Å². The Bertz CT molecular complexity index is 232. The second-order valence-corrected chi connectivity index (χ2v) is 4.60. The molecule has 0 amide bonds. The van der Waals surface area contributed by atoms with Gasteiger partial charge in [-0.2, -0.15) is 0 Å². The van der Waals surface area contributed by atoms with Gasteiger partial charge in [0.05, 0.1) is 6.10 Å². The maximum absolute atomic E-state index is 11.6. The highest BCUT2D eigenvalue weighted by Gasteiger charge is 2.41. The van der Waals surface area contributed by atoms with Crippen LogP contribution in [0, 0.1) is 0 Å². The van der Waals surface area contributed by atoms with Crippen molar-refractivity contribution in [1.82, 2.24) is 0 Å². The third-order valence-electron chi connectivity index (χ3n) is 3.33. The highest BCUT2D eigenvalue weighted by atomic mass is 16.6. The number of esters is 1. The lowest BCUT2D eigenvalue weighted by atomic mass is 9.78. The van der Waals surface area contributed by atoms with Gasteiger partial charge in [0.15, 0.2) is 0 Å². The third-order valence-corrected chi connectivity index (χ3v) is 3.33. The predicted molar refractivity (Wildman–Crippen MR) is 55.3 cm³/mol. The molecule has 0 aromatic heterocycles. The number of carbonyl (C=O) groups is 1. The summed E-state index contributed by atoms with van der Waals surface area (Å²) < 4.78 is 10.7. The Morgan fingerprint density at radius 2 is 2.20 bits per heavy atom. The maximum Gasteiger partial charge on any atom is 0.326 e. The SMILES string of the molecule is NC1(C(=O)OCC2CCCCO2)CCC1. The van der Waals surface area contributed by atoms with Gasteiger partial charge >= 0.3 is 5.97 Å². The van der Waals surface area contributed by atoms with Crippen LogP contribution in [0.1, 0.15) is 38.5 Å². The van der Waals surface area contributed by atoms with Gasteiger partial charge in [-0.1, -0.05) is 0 Å². The fraction of sp³-hybridized carbons (Fsp3) is 0.909. The summed E-state index contributed by atoms with van der Waals surface area (Å²) >= 11 is 0. The molecule has 2 rings (SSSR count). The monoisotopic (exact) mass is 213 g/mol.